The van der Waals surface area contributed by atoms with E-state index >= 15 is 0 Å². The van der Waals surface area contributed by atoms with Crippen molar-refractivity contribution in [2.75, 3.05) is 19.8 Å². The maximum atomic E-state index is 6.07. The summed E-state index contributed by atoms with van der Waals surface area (Å²) in [7, 11) is 0. The monoisotopic (exact) mass is 319 g/mol. The van der Waals surface area contributed by atoms with Crippen LogP contribution in [0.1, 0.15) is 43.6 Å². The van der Waals surface area contributed by atoms with E-state index in [0.29, 0.717) is 17.9 Å². The van der Waals surface area contributed by atoms with Gasteiger partial charge < -0.3 is 10.1 Å². The second kappa shape index (κ2) is 6.51. The molecule has 3 fully saturated rings. The molecule has 0 radical (unpaired) electrons. The van der Waals surface area contributed by atoms with Crippen LogP contribution in [0.5, 0.6) is 0 Å². The smallest absolute Gasteiger partial charge is 0.0507 e. The lowest BCUT2D eigenvalue weighted by Gasteiger charge is -2.55. The van der Waals surface area contributed by atoms with Crippen LogP contribution in [0, 0.1) is 17.8 Å². The van der Waals surface area contributed by atoms with Gasteiger partial charge in [-0.1, -0.05) is 36.6 Å². The predicted octanol–water partition coefficient (Wildman–Crippen LogP) is 4.24. The molecule has 1 aromatic rings. The van der Waals surface area contributed by atoms with Gasteiger partial charge in [0.2, 0.25) is 0 Å². The lowest BCUT2D eigenvalue weighted by Crippen LogP contribution is -2.58. The molecule has 4 rings (SSSR count). The van der Waals surface area contributed by atoms with Gasteiger partial charge in [0.15, 0.2) is 0 Å². The summed E-state index contributed by atoms with van der Waals surface area (Å²) in [5.41, 5.74) is 1.48. The van der Waals surface area contributed by atoms with Crippen molar-refractivity contribution in [2.45, 2.75) is 44.1 Å². The van der Waals surface area contributed by atoms with Gasteiger partial charge in [-0.2, -0.15) is 0 Å². The lowest BCUT2D eigenvalue weighted by molar-refractivity contribution is 0.0240. The molecule has 0 unspecified atom stereocenters. The van der Waals surface area contributed by atoms with E-state index in [-0.39, 0.29) is 0 Å². The summed E-state index contributed by atoms with van der Waals surface area (Å²) in [6.07, 6.45) is 6.86. The summed E-state index contributed by atoms with van der Waals surface area (Å²) in [6, 6.07) is 9.24. The Morgan fingerprint density at radius 1 is 1.05 bits per heavy atom. The topological polar surface area (TPSA) is 21.3 Å². The zero-order chi connectivity index (χ0) is 14.9. The summed E-state index contributed by atoms with van der Waals surface area (Å²) in [6.45, 7) is 3.01. The first-order chi connectivity index (χ1) is 10.8. The number of fused-ring (bicyclic) bond motifs is 1. The predicted molar refractivity (Wildman–Crippen MR) is 90.4 cm³/mol. The van der Waals surface area contributed by atoms with Crippen LogP contribution in [0.2, 0.25) is 5.02 Å². The van der Waals surface area contributed by atoms with E-state index in [1.807, 2.05) is 0 Å². The highest BCUT2D eigenvalue weighted by Crippen LogP contribution is 2.54. The Hall–Kier alpha value is -0.570. The lowest BCUT2D eigenvalue weighted by atomic mass is 9.53. The van der Waals surface area contributed by atoms with Crippen molar-refractivity contribution >= 4 is 11.6 Å². The molecule has 120 valence electrons. The molecule has 0 bridgehead atoms. The van der Waals surface area contributed by atoms with Crippen LogP contribution in [0.15, 0.2) is 24.3 Å². The molecule has 2 saturated carbocycles. The van der Waals surface area contributed by atoms with Gasteiger partial charge in [-0.15, -0.1) is 0 Å². The molecule has 0 amide bonds. The van der Waals surface area contributed by atoms with E-state index < -0.39 is 0 Å². The molecule has 3 heteroatoms. The first-order valence-electron chi connectivity index (χ1n) is 8.89. The van der Waals surface area contributed by atoms with Crippen LogP contribution < -0.4 is 5.32 Å². The molecule has 3 aliphatic rings. The average molecular weight is 320 g/mol. The molecule has 1 aliphatic heterocycles. The van der Waals surface area contributed by atoms with E-state index in [9.17, 15) is 0 Å². The third-order valence-electron chi connectivity index (χ3n) is 6.11. The maximum Gasteiger partial charge on any atom is 0.0507 e. The minimum Gasteiger partial charge on any atom is -0.381 e. The zero-order valence-electron chi connectivity index (χ0n) is 13.1. The fourth-order valence-electron chi connectivity index (χ4n) is 4.93. The van der Waals surface area contributed by atoms with Crippen molar-refractivity contribution < 1.29 is 4.74 Å². The molecule has 2 aliphatic carbocycles. The van der Waals surface area contributed by atoms with Crippen molar-refractivity contribution in [1.82, 2.24) is 5.32 Å². The van der Waals surface area contributed by atoms with Gasteiger partial charge in [-0.25, -0.2) is 0 Å². The van der Waals surface area contributed by atoms with E-state index in [4.69, 9.17) is 16.3 Å². The zero-order valence-corrected chi connectivity index (χ0v) is 13.9. The van der Waals surface area contributed by atoms with Gasteiger partial charge in [0.25, 0.3) is 0 Å². The Kier molecular flexibility index (Phi) is 4.43. The van der Waals surface area contributed by atoms with Gasteiger partial charge in [0, 0.05) is 30.1 Å². The van der Waals surface area contributed by atoms with Gasteiger partial charge in [-0.3, -0.25) is 0 Å². The van der Waals surface area contributed by atoms with Crippen molar-refractivity contribution in [3.05, 3.63) is 34.9 Å². The Balaban J connectivity index is 1.47. The fourth-order valence-corrected chi connectivity index (χ4v) is 5.06. The van der Waals surface area contributed by atoms with E-state index in [1.54, 1.807) is 0 Å². The second-order valence-corrected chi connectivity index (χ2v) is 7.79. The highest BCUT2D eigenvalue weighted by molar-refractivity contribution is 6.30. The molecule has 1 aromatic carbocycles. The molecule has 0 aromatic heterocycles. The molecule has 1 saturated heterocycles. The van der Waals surface area contributed by atoms with Crippen LogP contribution in [0.3, 0.4) is 0 Å². The molecular weight excluding hydrogens is 294 g/mol. The Morgan fingerprint density at radius 3 is 2.55 bits per heavy atom. The van der Waals surface area contributed by atoms with Crippen LogP contribution in [-0.4, -0.2) is 25.8 Å². The molecule has 5 atom stereocenters. The quantitative estimate of drug-likeness (QED) is 0.896. The third kappa shape index (κ3) is 2.81. The first kappa shape index (κ1) is 15.0. The van der Waals surface area contributed by atoms with Gasteiger partial charge >= 0.3 is 0 Å². The average Bonchev–Trinajstić information content (AvgIpc) is 3.04. The summed E-state index contributed by atoms with van der Waals surface area (Å²) in [5.74, 6) is 3.17. The summed E-state index contributed by atoms with van der Waals surface area (Å²) in [4.78, 5) is 0. The summed E-state index contributed by atoms with van der Waals surface area (Å²) >= 11 is 6.07. The normalized spacial score (nSPS) is 37.6. The van der Waals surface area contributed by atoms with Gasteiger partial charge in [-0.05, 0) is 54.7 Å². The van der Waals surface area contributed by atoms with Crippen molar-refractivity contribution in [3.8, 4) is 0 Å². The maximum absolute atomic E-state index is 6.07. The Bertz CT molecular complexity index is 497. The van der Waals surface area contributed by atoms with Gasteiger partial charge in [0.1, 0.15) is 0 Å². The van der Waals surface area contributed by atoms with E-state index in [0.717, 1.165) is 36.6 Å². The number of rotatable bonds is 4. The molecule has 0 spiro atoms. The highest BCUT2D eigenvalue weighted by atomic mass is 35.5. The molecular formula is C19H26ClNO. The van der Waals surface area contributed by atoms with Crippen molar-refractivity contribution in [2.24, 2.45) is 17.8 Å². The van der Waals surface area contributed by atoms with Gasteiger partial charge in [0.05, 0.1) is 6.61 Å². The molecule has 22 heavy (non-hydrogen) atoms. The third-order valence-corrected chi connectivity index (χ3v) is 6.36. The SMILES string of the molecule is Clc1ccc([C@H]2[C@@H]3CCCC[C@H]3[C@@H]2NC[C@@H]2CCOC2)cc1. The van der Waals surface area contributed by atoms with Crippen molar-refractivity contribution in [3.63, 3.8) is 0 Å². The number of ether oxygens (including phenoxy) is 1. The summed E-state index contributed by atoms with van der Waals surface area (Å²) in [5, 5.41) is 4.75. The van der Waals surface area contributed by atoms with Crippen LogP contribution >= 0.6 is 11.6 Å². The standard InChI is InChI=1S/C19H26ClNO/c20-15-7-5-14(6-8-15)18-16-3-1-2-4-17(16)19(18)21-11-13-9-10-22-12-13/h5-8,13,16-19,21H,1-4,9-12H2/t13-,16+,17+,18-,19-/m0/s1. The number of benzene rings is 1. The highest BCUT2D eigenvalue weighted by Gasteiger charge is 2.50. The molecule has 2 nitrogen and oxygen atoms in total. The van der Waals surface area contributed by atoms with Crippen LogP contribution in [0.25, 0.3) is 0 Å². The van der Waals surface area contributed by atoms with E-state index in [1.165, 1.54) is 37.7 Å². The number of hydrogen-bond acceptors (Lipinski definition) is 2. The van der Waals surface area contributed by atoms with E-state index in [2.05, 4.69) is 29.6 Å². The minimum absolute atomic E-state index is 0.659. The summed E-state index contributed by atoms with van der Waals surface area (Å²) < 4.78 is 5.52. The molecule has 1 N–H and O–H groups in total. The number of halogens is 1. The van der Waals surface area contributed by atoms with Crippen LogP contribution in [0.4, 0.5) is 0 Å². The first-order valence-corrected chi connectivity index (χ1v) is 9.27. The van der Waals surface area contributed by atoms with Crippen molar-refractivity contribution in [1.29, 1.82) is 0 Å². The minimum atomic E-state index is 0.659. The molecule has 1 heterocycles. The Labute approximate surface area is 138 Å². The largest absolute Gasteiger partial charge is 0.381 e. The van der Waals surface area contributed by atoms with Crippen LogP contribution in [-0.2, 0) is 4.74 Å². The fraction of sp³-hybridized carbons (Fsp3) is 0.684. The number of nitrogens with one attached hydrogen (secondary N) is 1. The Morgan fingerprint density at radius 2 is 1.82 bits per heavy atom. The number of hydrogen-bond donors (Lipinski definition) is 1. The second-order valence-electron chi connectivity index (χ2n) is 7.35.